The highest BCUT2D eigenvalue weighted by molar-refractivity contribution is 7.09. The molecule has 3 atom stereocenters. The topological polar surface area (TPSA) is 54.5 Å². The molecule has 4 rings (SSSR count). The van der Waals surface area contributed by atoms with Crippen LogP contribution in [0.25, 0.3) is 0 Å². The summed E-state index contributed by atoms with van der Waals surface area (Å²) in [5.41, 5.74) is 1.09. The molecule has 0 spiro atoms. The number of carbonyl (C=O) groups is 1. The molecule has 132 valence electrons. The first-order valence-electron chi connectivity index (χ1n) is 8.86. The second kappa shape index (κ2) is 7.64. The zero-order valence-corrected chi connectivity index (χ0v) is 15.0. The lowest BCUT2D eigenvalue weighted by Crippen LogP contribution is -2.42. The maximum Gasteiger partial charge on any atom is 0.249 e. The number of nitrogens with zero attached hydrogens (tertiary/aromatic N) is 2. The van der Waals surface area contributed by atoms with Crippen molar-refractivity contribution in [1.82, 2.24) is 15.2 Å². The van der Waals surface area contributed by atoms with Gasteiger partial charge < -0.3 is 10.1 Å². The van der Waals surface area contributed by atoms with E-state index < -0.39 is 0 Å². The zero-order valence-electron chi connectivity index (χ0n) is 14.1. The molecule has 0 unspecified atom stereocenters. The standard InChI is InChI=1S/C19H23N3O2S/c23-19(21-11-16-5-3-9-25-16)17-10-14-6-8-22(13-18(14)24-17)12-15-4-1-2-7-20-15/h1-5,7,9,14,17-18H,6,8,10-13H2,(H,21,23)/t14-,17+,18+/m0/s1. The highest BCUT2D eigenvalue weighted by Gasteiger charge is 2.41. The number of ether oxygens (including phenoxy) is 1. The van der Waals surface area contributed by atoms with E-state index >= 15 is 0 Å². The van der Waals surface area contributed by atoms with Gasteiger partial charge in [0.2, 0.25) is 5.91 Å². The number of carbonyl (C=O) groups excluding carboxylic acids is 1. The Morgan fingerprint density at radius 2 is 2.32 bits per heavy atom. The average Bonchev–Trinajstić information content (AvgIpc) is 3.30. The van der Waals surface area contributed by atoms with Crippen LogP contribution in [0.15, 0.2) is 41.9 Å². The summed E-state index contributed by atoms with van der Waals surface area (Å²) in [6.07, 6.45) is 3.63. The fraction of sp³-hybridized carbons (Fsp3) is 0.474. The molecule has 0 saturated carbocycles. The second-order valence-electron chi connectivity index (χ2n) is 6.80. The Labute approximate surface area is 152 Å². The zero-order chi connectivity index (χ0) is 17.1. The van der Waals surface area contributed by atoms with E-state index in [1.54, 1.807) is 11.3 Å². The fourth-order valence-electron chi connectivity index (χ4n) is 3.73. The molecule has 2 aliphatic rings. The van der Waals surface area contributed by atoms with E-state index in [2.05, 4.69) is 21.3 Å². The first-order valence-corrected chi connectivity index (χ1v) is 9.74. The third-order valence-corrected chi connectivity index (χ3v) is 5.93. The maximum atomic E-state index is 12.4. The lowest BCUT2D eigenvalue weighted by Gasteiger charge is -2.33. The third kappa shape index (κ3) is 4.08. The van der Waals surface area contributed by atoms with Crippen LogP contribution < -0.4 is 5.32 Å². The van der Waals surface area contributed by atoms with Gasteiger partial charge in [0, 0.05) is 24.2 Å². The van der Waals surface area contributed by atoms with Crippen LogP contribution in [-0.4, -0.2) is 41.1 Å². The smallest absolute Gasteiger partial charge is 0.249 e. The third-order valence-electron chi connectivity index (χ3n) is 5.06. The van der Waals surface area contributed by atoms with E-state index in [1.807, 2.05) is 35.8 Å². The molecule has 2 aromatic heterocycles. The van der Waals surface area contributed by atoms with Crippen molar-refractivity contribution in [2.24, 2.45) is 5.92 Å². The van der Waals surface area contributed by atoms with E-state index in [0.29, 0.717) is 12.5 Å². The van der Waals surface area contributed by atoms with Crippen molar-refractivity contribution in [3.05, 3.63) is 52.5 Å². The van der Waals surface area contributed by atoms with Crippen molar-refractivity contribution in [2.75, 3.05) is 13.1 Å². The number of hydrogen-bond donors (Lipinski definition) is 1. The Morgan fingerprint density at radius 3 is 3.12 bits per heavy atom. The van der Waals surface area contributed by atoms with E-state index in [1.165, 1.54) is 4.88 Å². The number of aromatic nitrogens is 1. The minimum atomic E-state index is -0.301. The van der Waals surface area contributed by atoms with Crippen molar-refractivity contribution >= 4 is 17.2 Å². The Bertz CT molecular complexity index is 692. The molecule has 2 saturated heterocycles. The monoisotopic (exact) mass is 357 g/mol. The van der Waals surface area contributed by atoms with E-state index in [-0.39, 0.29) is 18.1 Å². The van der Waals surface area contributed by atoms with Gasteiger partial charge in [0.1, 0.15) is 6.10 Å². The minimum absolute atomic E-state index is 0.0269. The number of fused-ring (bicyclic) bond motifs is 1. The molecular formula is C19H23N3O2S. The molecule has 2 aromatic rings. The summed E-state index contributed by atoms with van der Waals surface area (Å²) in [6.45, 7) is 3.38. The first kappa shape index (κ1) is 16.7. The van der Waals surface area contributed by atoms with Gasteiger partial charge in [-0.25, -0.2) is 0 Å². The minimum Gasteiger partial charge on any atom is -0.364 e. The van der Waals surface area contributed by atoms with Gasteiger partial charge in [0.05, 0.1) is 18.3 Å². The molecule has 1 amide bonds. The van der Waals surface area contributed by atoms with Gasteiger partial charge in [0.25, 0.3) is 0 Å². The van der Waals surface area contributed by atoms with Crippen molar-refractivity contribution in [3.63, 3.8) is 0 Å². The van der Waals surface area contributed by atoms with Crippen LogP contribution in [0, 0.1) is 5.92 Å². The number of likely N-dealkylation sites (tertiary alicyclic amines) is 1. The van der Waals surface area contributed by atoms with Gasteiger partial charge in [-0.1, -0.05) is 12.1 Å². The van der Waals surface area contributed by atoms with Crippen LogP contribution in [0.3, 0.4) is 0 Å². The van der Waals surface area contributed by atoms with Crippen molar-refractivity contribution in [1.29, 1.82) is 0 Å². The van der Waals surface area contributed by atoms with Gasteiger partial charge >= 0.3 is 0 Å². The largest absolute Gasteiger partial charge is 0.364 e. The molecule has 2 aliphatic heterocycles. The molecule has 2 fully saturated rings. The number of thiophene rings is 1. The molecule has 6 heteroatoms. The van der Waals surface area contributed by atoms with E-state index in [9.17, 15) is 4.79 Å². The Balaban J connectivity index is 1.28. The van der Waals surface area contributed by atoms with E-state index in [0.717, 1.165) is 38.2 Å². The number of hydrogen-bond acceptors (Lipinski definition) is 5. The van der Waals surface area contributed by atoms with Gasteiger partial charge in [-0.2, -0.15) is 0 Å². The summed E-state index contributed by atoms with van der Waals surface area (Å²) < 4.78 is 6.09. The molecule has 1 N–H and O–H groups in total. The number of rotatable bonds is 5. The number of amides is 1. The SMILES string of the molecule is O=C(NCc1cccs1)[C@H]1C[C@@H]2CCN(Cc3ccccn3)C[C@H]2O1. The van der Waals surface area contributed by atoms with E-state index in [4.69, 9.17) is 4.74 Å². The predicted molar refractivity (Wildman–Crippen MR) is 97.1 cm³/mol. The molecule has 0 aliphatic carbocycles. The Kier molecular flexibility index (Phi) is 5.10. The quantitative estimate of drug-likeness (QED) is 0.893. The lowest BCUT2D eigenvalue weighted by atomic mass is 9.91. The van der Waals surface area contributed by atoms with Gasteiger partial charge in [0.15, 0.2) is 0 Å². The highest BCUT2D eigenvalue weighted by atomic mass is 32.1. The number of pyridine rings is 1. The summed E-state index contributed by atoms with van der Waals surface area (Å²) in [4.78, 5) is 20.4. The maximum absolute atomic E-state index is 12.4. The van der Waals surface area contributed by atoms with Crippen LogP contribution in [0.4, 0.5) is 0 Å². The highest BCUT2D eigenvalue weighted by Crippen LogP contribution is 2.33. The molecule has 0 radical (unpaired) electrons. The summed E-state index contributed by atoms with van der Waals surface area (Å²) in [6, 6.07) is 10.1. The lowest BCUT2D eigenvalue weighted by molar-refractivity contribution is -0.133. The van der Waals surface area contributed by atoms with Gasteiger partial charge in [-0.3, -0.25) is 14.7 Å². The Morgan fingerprint density at radius 1 is 1.36 bits per heavy atom. The summed E-state index contributed by atoms with van der Waals surface area (Å²) in [5, 5.41) is 5.04. The van der Waals surface area contributed by atoms with Crippen LogP contribution >= 0.6 is 11.3 Å². The first-order chi connectivity index (χ1) is 12.3. The van der Waals surface area contributed by atoms with Crippen LogP contribution in [-0.2, 0) is 22.6 Å². The van der Waals surface area contributed by atoms with Gasteiger partial charge in [-0.15, -0.1) is 11.3 Å². The predicted octanol–water partition coefficient (Wildman–Crippen LogP) is 2.44. The van der Waals surface area contributed by atoms with Crippen molar-refractivity contribution < 1.29 is 9.53 Å². The number of nitrogens with one attached hydrogen (secondary N) is 1. The Hall–Kier alpha value is -1.76. The summed E-state index contributed by atoms with van der Waals surface area (Å²) in [7, 11) is 0. The van der Waals surface area contributed by atoms with Crippen LogP contribution in [0.2, 0.25) is 0 Å². The molecule has 5 nitrogen and oxygen atoms in total. The second-order valence-corrected chi connectivity index (χ2v) is 7.83. The van der Waals surface area contributed by atoms with Crippen LogP contribution in [0.5, 0.6) is 0 Å². The fourth-order valence-corrected chi connectivity index (χ4v) is 4.37. The van der Waals surface area contributed by atoms with Gasteiger partial charge in [-0.05, 0) is 48.9 Å². The van der Waals surface area contributed by atoms with Crippen molar-refractivity contribution in [2.45, 2.75) is 38.1 Å². The molecular weight excluding hydrogens is 334 g/mol. The van der Waals surface area contributed by atoms with Crippen LogP contribution in [0.1, 0.15) is 23.4 Å². The normalized spacial score (nSPS) is 26.3. The number of piperidine rings is 1. The molecule has 4 heterocycles. The van der Waals surface area contributed by atoms with Crippen molar-refractivity contribution in [3.8, 4) is 0 Å². The summed E-state index contributed by atoms with van der Waals surface area (Å²) >= 11 is 1.66. The molecule has 0 aromatic carbocycles. The molecule has 25 heavy (non-hydrogen) atoms. The molecule has 0 bridgehead atoms. The average molecular weight is 357 g/mol. The summed E-state index contributed by atoms with van der Waals surface area (Å²) in [5.74, 6) is 0.525.